The van der Waals surface area contributed by atoms with Gasteiger partial charge in [0.25, 0.3) is 0 Å². The van der Waals surface area contributed by atoms with Gasteiger partial charge in [-0.25, -0.2) is 0 Å². The Morgan fingerprint density at radius 1 is 0.500 bits per heavy atom. The minimum absolute atomic E-state index is 0. The molecule has 1 N–H and O–H groups in total. The van der Waals surface area contributed by atoms with Crippen molar-refractivity contribution in [2.75, 3.05) is 0 Å². The van der Waals surface area contributed by atoms with Crippen molar-refractivity contribution in [3.63, 3.8) is 0 Å². The first kappa shape index (κ1) is 26.9. The molecule has 0 aliphatic carbocycles. The van der Waals surface area contributed by atoms with Gasteiger partial charge in [-0.2, -0.15) is 0 Å². The molecule has 3 rings (SSSR count). The third-order valence-corrected chi connectivity index (χ3v) is 13.3. The molecule has 2 nitrogen and oxygen atoms in total. The minimum atomic E-state index is -2.63. The van der Waals surface area contributed by atoms with Crippen molar-refractivity contribution in [3.8, 4) is 0 Å². The summed E-state index contributed by atoms with van der Waals surface area (Å²) in [6.45, 7) is 13.8. The van der Waals surface area contributed by atoms with E-state index in [2.05, 4.69) is 75.7 Å². The van der Waals surface area contributed by atoms with E-state index < -0.39 is 24.7 Å². The van der Waals surface area contributed by atoms with Gasteiger partial charge < -0.3 is 10.0 Å². The Morgan fingerprint density at radius 2 is 0.733 bits per heavy atom. The van der Waals surface area contributed by atoms with E-state index in [0.717, 1.165) is 15.6 Å². The van der Waals surface area contributed by atoms with Crippen LogP contribution >= 0.6 is 0 Å². The molecular weight excluding hydrogens is 466 g/mol. The molecule has 3 aromatic rings. The fraction of sp³-hybridized carbons (Fsp3) is 0.250. The molecule has 0 fully saturated rings. The van der Waals surface area contributed by atoms with Gasteiger partial charge in [-0.1, -0.05) is 162 Å². The molecule has 0 aromatic heterocycles. The monoisotopic (exact) mass is 498 g/mol. The molecule has 30 heavy (non-hydrogen) atoms. The topological polar surface area (TPSA) is 37.9 Å². The SMILES string of the molecule is C[Si](C)(C)[N-][Si](C)(C)C.[NH-][Si](c1ccccc1)(c1ccccc1)c1ccccc1.[Zn+2]. The summed E-state index contributed by atoms with van der Waals surface area (Å²) in [7, 11) is -4.84. The van der Waals surface area contributed by atoms with Crippen LogP contribution in [-0.4, -0.2) is 24.7 Å². The first-order valence-electron chi connectivity index (χ1n) is 10.2. The van der Waals surface area contributed by atoms with E-state index in [1.54, 1.807) is 0 Å². The van der Waals surface area contributed by atoms with Crippen LogP contribution in [0.3, 0.4) is 0 Å². The first-order valence-corrected chi connectivity index (χ1v) is 19.1. The van der Waals surface area contributed by atoms with Crippen LogP contribution in [0.15, 0.2) is 91.0 Å². The van der Waals surface area contributed by atoms with Gasteiger partial charge in [-0.15, -0.1) is 0 Å². The molecule has 0 heterocycles. The van der Waals surface area contributed by atoms with E-state index in [0.29, 0.717) is 0 Å². The minimum Gasteiger partial charge on any atom is -0.668 e. The van der Waals surface area contributed by atoms with Gasteiger partial charge in [0.15, 0.2) is 0 Å². The van der Waals surface area contributed by atoms with Gasteiger partial charge in [0.05, 0.1) is 0 Å². The third kappa shape index (κ3) is 8.18. The molecule has 0 radical (unpaired) electrons. The molecule has 0 aliphatic rings. The van der Waals surface area contributed by atoms with Crippen molar-refractivity contribution in [1.82, 2.24) is 0 Å². The number of rotatable bonds is 5. The Balaban J connectivity index is 0.000000387. The van der Waals surface area contributed by atoms with Crippen molar-refractivity contribution in [2.45, 2.75) is 39.3 Å². The summed E-state index contributed by atoms with van der Waals surface area (Å²) in [6.07, 6.45) is 0. The Hall–Kier alpha value is -1.15. The zero-order chi connectivity index (χ0) is 21.5. The summed E-state index contributed by atoms with van der Waals surface area (Å²) in [5, 5.41) is 12.7. The summed E-state index contributed by atoms with van der Waals surface area (Å²) in [6, 6.07) is 30.7. The molecular formula is C24H34N2Si3Zn. The molecule has 0 atom stereocenters. The smallest absolute Gasteiger partial charge is 0.668 e. The Labute approximate surface area is 199 Å². The van der Waals surface area contributed by atoms with Crippen LogP contribution in [0.5, 0.6) is 0 Å². The zero-order valence-corrected chi connectivity index (χ0v) is 25.3. The van der Waals surface area contributed by atoms with Gasteiger partial charge in [-0.3, -0.25) is 0 Å². The maximum Gasteiger partial charge on any atom is 2.00 e. The molecule has 6 heteroatoms. The molecule has 0 saturated carbocycles. The van der Waals surface area contributed by atoms with Crippen LogP contribution < -0.4 is 15.6 Å². The second kappa shape index (κ2) is 11.5. The molecule has 3 aromatic carbocycles. The van der Waals surface area contributed by atoms with Crippen molar-refractivity contribution in [3.05, 3.63) is 101 Å². The second-order valence-corrected chi connectivity index (χ2v) is 22.1. The molecule has 0 bridgehead atoms. The predicted octanol–water partition coefficient (Wildman–Crippen LogP) is 5.73. The summed E-state index contributed by atoms with van der Waals surface area (Å²) in [5.74, 6) is 0. The molecule has 0 saturated heterocycles. The van der Waals surface area contributed by atoms with Crippen molar-refractivity contribution < 1.29 is 19.5 Å². The number of nitrogens with one attached hydrogen (secondary N) is 1. The van der Waals surface area contributed by atoms with Crippen LogP contribution in [0.2, 0.25) is 39.3 Å². The van der Waals surface area contributed by atoms with Gasteiger partial charge in [0.2, 0.25) is 0 Å². The zero-order valence-electron chi connectivity index (χ0n) is 19.3. The number of hydrogen-bond donors (Lipinski definition) is 0. The standard InChI is InChI=1S/C18H16NSi.C6H18NSi2.Zn/c19-20(16-10-4-1-5-11-16,17-12-6-2-7-13-17)18-14-8-3-9-15-18;1-8(2,3)7-9(4,5)6;/h1-15,19H;1-6H3;/q2*-1;+2. The van der Waals surface area contributed by atoms with Gasteiger partial charge >= 0.3 is 19.5 Å². The number of benzene rings is 3. The quantitative estimate of drug-likeness (QED) is 0.317. The van der Waals surface area contributed by atoms with Gasteiger partial charge in [0.1, 0.15) is 0 Å². The summed E-state index contributed by atoms with van der Waals surface area (Å²) >= 11 is 0. The van der Waals surface area contributed by atoms with Crippen molar-refractivity contribution >= 4 is 40.3 Å². The van der Waals surface area contributed by atoms with Crippen LogP contribution in [-0.2, 0) is 19.5 Å². The normalized spacial score (nSPS) is 11.7. The fourth-order valence-electron chi connectivity index (χ4n) is 3.57. The van der Waals surface area contributed by atoms with Crippen LogP contribution in [0.1, 0.15) is 0 Å². The predicted molar refractivity (Wildman–Crippen MR) is 138 cm³/mol. The average Bonchev–Trinajstić information content (AvgIpc) is 2.67. The van der Waals surface area contributed by atoms with E-state index in [1.807, 2.05) is 54.6 Å². The Kier molecular flexibility index (Phi) is 10.3. The van der Waals surface area contributed by atoms with Gasteiger partial charge in [-0.05, 0) is 0 Å². The summed E-state index contributed by atoms with van der Waals surface area (Å²) in [4.78, 5) is 0. The van der Waals surface area contributed by atoms with E-state index in [1.165, 1.54) is 0 Å². The first-order chi connectivity index (χ1) is 13.5. The molecule has 0 unspecified atom stereocenters. The third-order valence-electron chi connectivity index (χ3n) is 4.29. The number of nitrogens with zero attached hydrogens (tertiary/aromatic N) is 1. The summed E-state index contributed by atoms with van der Waals surface area (Å²) < 4.78 is 4.82. The van der Waals surface area contributed by atoms with Crippen molar-refractivity contribution in [2.24, 2.45) is 0 Å². The van der Waals surface area contributed by atoms with Crippen LogP contribution in [0.4, 0.5) is 0 Å². The maximum absolute atomic E-state index is 9.28. The average molecular weight is 500 g/mol. The van der Waals surface area contributed by atoms with Gasteiger partial charge in [0, 0.05) is 8.24 Å². The van der Waals surface area contributed by atoms with Crippen LogP contribution in [0, 0.1) is 0 Å². The fourth-order valence-corrected chi connectivity index (χ4v) is 14.7. The number of hydrogen-bond acceptors (Lipinski definition) is 0. The largest absolute Gasteiger partial charge is 2.00 e. The van der Waals surface area contributed by atoms with E-state index in [-0.39, 0.29) is 19.5 Å². The molecule has 0 amide bonds. The van der Waals surface area contributed by atoms with E-state index >= 15 is 0 Å². The maximum atomic E-state index is 9.28. The van der Waals surface area contributed by atoms with Crippen LogP contribution in [0.25, 0.3) is 10.0 Å². The molecule has 0 spiro atoms. The summed E-state index contributed by atoms with van der Waals surface area (Å²) in [5.41, 5.74) is 0. The Morgan fingerprint density at radius 3 is 0.900 bits per heavy atom. The molecule has 154 valence electrons. The van der Waals surface area contributed by atoms with E-state index in [4.69, 9.17) is 4.65 Å². The Bertz CT molecular complexity index is 753. The van der Waals surface area contributed by atoms with E-state index in [9.17, 15) is 5.40 Å². The molecule has 0 aliphatic heterocycles. The second-order valence-electron chi connectivity index (χ2n) is 9.30. The van der Waals surface area contributed by atoms with Crippen molar-refractivity contribution in [1.29, 1.82) is 0 Å².